The van der Waals surface area contributed by atoms with Crippen LogP contribution in [-0.2, 0) is 21.1 Å². The number of sulfone groups is 1. The molecule has 2 amide bonds. The van der Waals surface area contributed by atoms with Crippen LogP contribution >= 0.6 is 0 Å². The fourth-order valence-corrected chi connectivity index (χ4v) is 4.69. The average molecular weight is 342 g/mol. The molecule has 0 aromatic carbocycles. The second-order valence-electron chi connectivity index (χ2n) is 5.80. The van der Waals surface area contributed by atoms with E-state index in [1.165, 1.54) is 17.9 Å². The van der Waals surface area contributed by atoms with Crippen LogP contribution in [0.2, 0.25) is 0 Å². The minimum absolute atomic E-state index is 0.0998. The standard InChI is InChI=1S/C13H18N4O5S/c1-16-3-4-17-10(13(16)19)5-8(15-17)12(18)14-9-6-23(20,21)7-11(9)22-2/h5,9,11H,3-4,6-7H2,1-2H3,(H,14,18)/t9-,11-/m1/s1. The lowest BCUT2D eigenvalue weighted by Gasteiger charge is -2.22. The molecule has 0 radical (unpaired) electrons. The van der Waals surface area contributed by atoms with Crippen molar-refractivity contribution in [1.29, 1.82) is 0 Å². The lowest BCUT2D eigenvalue weighted by Crippen LogP contribution is -2.43. The summed E-state index contributed by atoms with van der Waals surface area (Å²) in [6.45, 7) is 1.05. The largest absolute Gasteiger partial charge is 0.378 e. The summed E-state index contributed by atoms with van der Waals surface area (Å²) >= 11 is 0. The number of hydrogen-bond acceptors (Lipinski definition) is 6. The molecule has 0 saturated carbocycles. The van der Waals surface area contributed by atoms with Crippen molar-refractivity contribution in [1.82, 2.24) is 20.0 Å². The van der Waals surface area contributed by atoms with E-state index in [2.05, 4.69) is 10.4 Å². The van der Waals surface area contributed by atoms with E-state index < -0.39 is 27.9 Å². The molecule has 10 heteroatoms. The number of hydrogen-bond donors (Lipinski definition) is 1. The van der Waals surface area contributed by atoms with Crippen molar-refractivity contribution in [3.8, 4) is 0 Å². The van der Waals surface area contributed by atoms with Gasteiger partial charge >= 0.3 is 0 Å². The van der Waals surface area contributed by atoms with Crippen LogP contribution in [0.15, 0.2) is 6.07 Å². The molecule has 2 aliphatic rings. The number of methoxy groups -OCH3 is 1. The lowest BCUT2D eigenvalue weighted by atomic mass is 10.2. The van der Waals surface area contributed by atoms with Gasteiger partial charge in [0.15, 0.2) is 15.5 Å². The van der Waals surface area contributed by atoms with Crippen LogP contribution < -0.4 is 5.32 Å². The Balaban J connectivity index is 1.77. The van der Waals surface area contributed by atoms with Crippen molar-refractivity contribution in [2.45, 2.75) is 18.7 Å². The van der Waals surface area contributed by atoms with Crippen LogP contribution in [-0.4, -0.2) is 79.3 Å². The van der Waals surface area contributed by atoms with E-state index in [0.717, 1.165) is 0 Å². The van der Waals surface area contributed by atoms with Gasteiger partial charge in [0, 0.05) is 26.8 Å². The molecule has 0 unspecified atom stereocenters. The van der Waals surface area contributed by atoms with Gasteiger partial charge in [0.05, 0.1) is 30.2 Å². The number of fused-ring (bicyclic) bond motifs is 1. The summed E-state index contributed by atoms with van der Waals surface area (Å²) in [6, 6.07) is 0.813. The van der Waals surface area contributed by atoms with E-state index in [0.29, 0.717) is 18.8 Å². The number of carbonyl (C=O) groups excluding carboxylic acids is 2. The first kappa shape index (κ1) is 15.9. The maximum atomic E-state index is 12.3. The summed E-state index contributed by atoms with van der Waals surface area (Å²) in [7, 11) is -0.132. The topological polar surface area (TPSA) is 111 Å². The summed E-state index contributed by atoms with van der Waals surface area (Å²) < 4.78 is 30.0. The monoisotopic (exact) mass is 342 g/mol. The quantitative estimate of drug-likeness (QED) is 0.716. The summed E-state index contributed by atoms with van der Waals surface area (Å²) in [5.74, 6) is -0.975. The molecule has 2 aliphatic heterocycles. The Morgan fingerprint density at radius 2 is 2.13 bits per heavy atom. The first-order chi connectivity index (χ1) is 10.8. The number of aromatic nitrogens is 2. The Hall–Kier alpha value is -1.94. The van der Waals surface area contributed by atoms with Crippen molar-refractivity contribution in [3.05, 3.63) is 17.5 Å². The van der Waals surface area contributed by atoms with Gasteiger partial charge < -0.3 is 15.0 Å². The van der Waals surface area contributed by atoms with Gasteiger partial charge in [0.1, 0.15) is 5.69 Å². The molecule has 126 valence electrons. The fraction of sp³-hybridized carbons (Fsp3) is 0.615. The van der Waals surface area contributed by atoms with Crippen molar-refractivity contribution in [2.24, 2.45) is 0 Å². The summed E-state index contributed by atoms with van der Waals surface area (Å²) in [5, 5.41) is 6.77. The molecule has 1 aromatic rings. The number of nitrogens with one attached hydrogen (secondary N) is 1. The molecule has 0 spiro atoms. The van der Waals surface area contributed by atoms with Crippen molar-refractivity contribution in [3.63, 3.8) is 0 Å². The van der Waals surface area contributed by atoms with Crippen LogP contribution in [0.4, 0.5) is 0 Å². The van der Waals surface area contributed by atoms with Gasteiger partial charge in [-0.3, -0.25) is 14.3 Å². The van der Waals surface area contributed by atoms with Crippen LogP contribution in [0.3, 0.4) is 0 Å². The summed E-state index contributed by atoms with van der Waals surface area (Å²) in [6.07, 6.45) is -0.575. The summed E-state index contributed by atoms with van der Waals surface area (Å²) in [4.78, 5) is 25.9. The van der Waals surface area contributed by atoms with Gasteiger partial charge in [-0.25, -0.2) is 8.42 Å². The molecule has 23 heavy (non-hydrogen) atoms. The third-order valence-corrected chi connectivity index (χ3v) is 5.85. The van der Waals surface area contributed by atoms with Crippen LogP contribution in [0.25, 0.3) is 0 Å². The normalized spacial score (nSPS) is 26.2. The Kier molecular flexibility index (Phi) is 3.88. The molecule has 2 atom stereocenters. The molecule has 3 heterocycles. The minimum Gasteiger partial charge on any atom is -0.378 e. The van der Waals surface area contributed by atoms with Gasteiger partial charge in [-0.15, -0.1) is 0 Å². The maximum Gasteiger partial charge on any atom is 0.272 e. The zero-order valence-corrected chi connectivity index (χ0v) is 13.7. The highest BCUT2D eigenvalue weighted by Crippen LogP contribution is 2.17. The number of nitrogens with zero attached hydrogens (tertiary/aromatic N) is 3. The first-order valence-corrected chi connectivity index (χ1v) is 9.00. The van der Waals surface area contributed by atoms with Crippen LogP contribution in [0.1, 0.15) is 21.0 Å². The maximum absolute atomic E-state index is 12.3. The molecule has 0 bridgehead atoms. The third kappa shape index (κ3) is 2.95. The Morgan fingerprint density at radius 3 is 2.83 bits per heavy atom. The van der Waals surface area contributed by atoms with E-state index in [4.69, 9.17) is 4.74 Å². The lowest BCUT2D eigenvalue weighted by molar-refractivity contribution is 0.0740. The molecule has 1 fully saturated rings. The second-order valence-corrected chi connectivity index (χ2v) is 7.95. The smallest absolute Gasteiger partial charge is 0.272 e. The van der Waals surface area contributed by atoms with Crippen LogP contribution in [0, 0.1) is 0 Å². The van der Waals surface area contributed by atoms with E-state index in [9.17, 15) is 18.0 Å². The van der Waals surface area contributed by atoms with Gasteiger partial charge in [-0.2, -0.15) is 5.10 Å². The molecule has 3 rings (SSSR count). The highest BCUT2D eigenvalue weighted by atomic mass is 32.2. The SMILES string of the molecule is CO[C@@H]1CS(=O)(=O)C[C@H]1NC(=O)c1cc2n(n1)CCN(C)C2=O. The average Bonchev–Trinajstić information content (AvgIpc) is 3.04. The predicted molar refractivity (Wildman–Crippen MR) is 79.9 cm³/mol. The molecule has 9 nitrogen and oxygen atoms in total. The van der Waals surface area contributed by atoms with Crippen molar-refractivity contribution in [2.75, 3.05) is 32.2 Å². The number of amides is 2. The van der Waals surface area contributed by atoms with E-state index in [-0.39, 0.29) is 23.1 Å². The Morgan fingerprint density at radius 1 is 1.39 bits per heavy atom. The summed E-state index contributed by atoms with van der Waals surface area (Å²) in [5.41, 5.74) is 0.453. The number of carbonyl (C=O) groups is 2. The number of ether oxygens (including phenoxy) is 1. The van der Waals surface area contributed by atoms with Crippen molar-refractivity contribution < 1.29 is 22.7 Å². The van der Waals surface area contributed by atoms with Gasteiger partial charge in [-0.1, -0.05) is 0 Å². The predicted octanol–water partition coefficient (Wildman–Crippen LogP) is -1.49. The van der Waals surface area contributed by atoms with Gasteiger partial charge in [-0.05, 0) is 0 Å². The molecular weight excluding hydrogens is 324 g/mol. The number of rotatable bonds is 3. The Labute approximate surface area is 133 Å². The van der Waals surface area contributed by atoms with Crippen LogP contribution in [0.5, 0.6) is 0 Å². The molecule has 1 aromatic heterocycles. The zero-order valence-electron chi connectivity index (χ0n) is 12.9. The van der Waals surface area contributed by atoms with Gasteiger partial charge in [0.25, 0.3) is 11.8 Å². The first-order valence-electron chi connectivity index (χ1n) is 7.18. The second kappa shape index (κ2) is 5.60. The minimum atomic E-state index is -3.23. The molecule has 1 saturated heterocycles. The molecule has 1 N–H and O–H groups in total. The van der Waals surface area contributed by atoms with Crippen molar-refractivity contribution >= 4 is 21.7 Å². The molecular formula is C13H18N4O5S. The highest BCUT2D eigenvalue weighted by molar-refractivity contribution is 7.91. The number of likely N-dealkylation sites (N-methyl/N-ethyl adjacent to an activating group) is 1. The fourth-order valence-electron chi connectivity index (χ4n) is 2.84. The van der Waals surface area contributed by atoms with E-state index >= 15 is 0 Å². The van der Waals surface area contributed by atoms with E-state index in [1.54, 1.807) is 11.9 Å². The van der Waals surface area contributed by atoms with E-state index in [1.807, 2.05) is 0 Å². The Bertz CT molecular complexity index is 756. The zero-order chi connectivity index (χ0) is 16.8. The highest BCUT2D eigenvalue weighted by Gasteiger charge is 2.39. The molecule has 0 aliphatic carbocycles. The third-order valence-electron chi connectivity index (χ3n) is 4.15. The van der Waals surface area contributed by atoms with Gasteiger partial charge in [0.2, 0.25) is 0 Å².